The Bertz CT molecular complexity index is 2530. The summed E-state index contributed by atoms with van der Waals surface area (Å²) < 4.78 is 6.33. The topological polar surface area (TPSA) is 29.3 Å². The number of hydrogen-bond acceptors (Lipinski definition) is 3. The maximum Gasteiger partial charge on any atom is 0.154 e. The summed E-state index contributed by atoms with van der Waals surface area (Å²) >= 11 is 0. The number of furan rings is 1. The van der Waals surface area contributed by atoms with E-state index in [4.69, 9.17) is 9.40 Å². The van der Waals surface area contributed by atoms with Crippen LogP contribution in [-0.2, 0) is 0 Å². The van der Waals surface area contributed by atoms with Crippen molar-refractivity contribution in [1.29, 1.82) is 0 Å². The predicted molar refractivity (Wildman–Crippen MR) is 192 cm³/mol. The van der Waals surface area contributed by atoms with Crippen LogP contribution in [0.1, 0.15) is 0 Å². The lowest BCUT2D eigenvalue weighted by atomic mass is 9.96. The summed E-state index contributed by atoms with van der Waals surface area (Å²) in [6.07, 6.45) is 0. The fourth-order valence-electron chi connectivity index (χ4n) is 6.63. The van der Waals surface area contributed by atoms with Gasteiger partial charge in [0.1, 0.15) is 11.1 Å². The molecule has 0 aliphatic carbocycles. The van der Waals surface area contributed by atoms with E-state index in [1.165, 1.54) is 27.5 Å². The van der Waals surface area contributed by atoms with Gasteiger partial charge in [-0.25, -0.2) is 4.98 Å². The van der Waals surface area contributed by atoms with Crippen molar-refractivity contribution in [2.45, 2.75) is 0 Å². The van der Waals surface area contributed by atoms with E-state index in [9.17, 15) is 0 Å². The molecule has 9 aromatic rings. The van der Waals surface area contributed by atoms with Crippen LogP contribution >= 0.6 is 0 Å². The first kappa shape index (κ1) is 26.2. The Morgan fingerprint density at radius 3 is 2.00 bits per heavy atom. The molecule has 0 saturated carbocycles. The van der Waals surface area contributed by atoms with Gasteiger partial charge in [-0.3, -0.25) is 0 Å². The third-order valence-electron chi connectivity index (χ3n) is 8.84. The minimum Gasteiger partial charge on any atom is -0.454 e. The van der Waals surface area contributed by atoms with Crippen molar-refractivity contribution in [3.8, 4) is 22.3 Å². The first-order chi connectivity index (χ1) is 22.8. The largest absolute Gasteiger partial charge is 0.454 e. The van der Waals surface area contributed by atoms with Crippen LogP contribution < -0.4 is 4.90 Å². The Balaban J connectivity index is 1.27. The van der Waals surface area contributed by atoms with Crippen molar-refractivity contribution in [2.24, 2.45) is 0 Å². The Hall–Kier alpha value is -6.19. The SMILES string of the molecule is c1ccc(-c2ccc(N(c3ccc4oc5cc6ccccc6nc5c4c3)c3ccccc3-c3cccc4ccccc34)cc2)cc1. The average molecular weight is 589 g/mol. The number of aromatic nitrogens is 1. The van der Waals surface area contributed by atoms with Crippen LogP contribution in [-0.4, -0.2) is 4.98 Å². The molecule has 0 N–H and O–H groups in total. The second kappa shape index (κ2) is 10.8. The van der Waals surface area contributed by atoms with Crippen LogP contribution in [0.25, 0.3) is 66.0 Å². The summed E-state index contributed by atoms with van der Waals surface area (Å²) in [6, 6.07) is 59.9. The predicted octanol–water partition coefficient (Wildman–Crippen LogP) is 12.1. The van der Waals surface area contributed by atoms with Gasteiger partial charge in [0, 0.05) is 27.7 Å². The van der Waals surface area contributed by atoms with E-state index in [-0.39, 0.29) is 0 Å². The molecule has 0 saturated heterocycles. The van der Waals surface area contributed by atoms with E-state index in [1.54, 1.807) is 0 Å². The average Bonchev–Trinajstić information content (AvgIpc) is 3.48. The highest BCUT2D eigenvalue weighted by molar-refractivity contribution is 6.08. The summed E-state index contributed by atoms with van der Waals surface area (Å²) in [5.74, 6) is 0. The van der Waals surface area contributed by atoms with E-state index in [1.807, 2.05) is 12.1 Å². The quantitative estimate of drug-likeness (QED) is 0.200. The summed E-state index contributed by atoms with van der Waals surface area (Å²) in [7, 11) is 0. The van der Waals surface area contributed by atoms with Crippen molar-refractivity contribution in [1.82, 2.24) is 4.98 Å². The van der Waals surface area contributed by atoms with Gasteiger partial charge in [0.25, 0.3) is 0 Å². The van der Waals surface area contributed by atoms with Gasteiger partial charge in [-0.15, -0.1) is 0 Å². The summed E-state index contributed by atoms with van der Waals surface area (Å²) in [6.45, 7) is 0. The third kappa shape index (κ3) is 4.41. The lowest BCUT2D eigenvalue weighted by molar-refractivity contribution is 0.669. The molecule has 0 amide bonds. The molecular weight excluding hydrogens is 560 g/mol. The fourth-order valence-corrected chi connectivity index (χ4v) is 6.63. The minimum atomic E-state index is 0.792. The number of hydrogen-bond donors (Lipinski definition) is 0. The van der Waals surface area contributed by atoms with Crippen LogP contribution in [0.5, 0.6) is 0 Å². The summed E-state index contributed by atoms with van der Waals surface area (Å²) in [4.78, 5) is 7.40. The van der Waals surface area contributed by atoms with Crippen LogP contribution in [0, 0.1) is 0 Å². The van der Waals surface area contributed by atoms with Gasteiger partial charge >= 0.3 is 0 Å². The molecule has 0 spiro atoms. The number of benzene rings is 7. The molecule has 0 fully saturated rings. The van der Waals surface area contributed by atoms with Gasteiger partial charge in [0.05, 0.1) is 11.2 Å². The van der Waals surface area contributed by atoms with Gasteiger partial charge in [0.2, 0.25) is 0 Å². The lowest BCUT2D eigenvalue weighted by Gasteiger charge is -2.28. The van der Waals surface area contributed by atoms with E-state index in [2.05, 4.69) is 163 Å². The van der Waals surface area contributed by atoms with Gasteiger partial charge in [-0.1, -0.05) is 121 Å². The molecule has 9 rings (SSSR count). The zero-order valence-corrected chi connectivity index (χ0v) is 25.0. The zero-order chi connectivity index (χ0) is 30.5. The summed E-state index contributed by atoms with van der Waals surface area (Å²) in [5.41, 5.74) is 11.4. The zero-order valence-electron chi connectivity index (χ0n) is 25.0. The number of fused-ring (bicyclic) bond motifs is 5. The molecule has 0 atom stereocenters. The molecule has 2 heterocycles. The van der Waals surface area contributed by atoms with Crippen LogP contribution in [0.4, 0.5) is 17.1 Å². The second-order valence-electron chi connectivity index (χ2n) is 11.6. The molecule has 0 aliphatic rings. The molecule has 0 bridgehead atoms. The number of para-hydroxylation sites is 2. The van der Waals surface area contributed by atoms with E-state index >= 15 is 0 Å². The molecular formula is C43H28N2O. The van der Waals surface area contributed by atoms with E-state index < -0.39 is 0 Å². The normalized spacial score (nSPS) is 11.5. The molecule has 0 aliphatic heterocycles. The Kier molecular flexibility index (Phi) is 6.14. The van der Waals surface area contributed by atoms with Crippen molar-refractivity contribution >= 4 is 60.8 Å². The molecule has 0 unspecified atom stereocenters. The molecule has 7 aromatic carbocycles. The molecule has 46 heavy (non-hydrogen) atoms. The van der Waals surface area contributed by atoms with E-state index in [0.29, 0.717) is 0 Å². The van der Waals surface area contributed by atoms with Crippen LogP contribution in [0.3, 0.4) is 0 Å². The fraction of sp³-hybridized carbons (Fsp3) is 0. The van der Waals surface area contributed by atoms with Gasteiger partial charge < -0.3 is 9.32 Å². The van der Waals surface area contributed by atoms with Crippen molar-refractivity contribution < 1.29 is 4.42 Å². The van der Waals surface area contributed by atoms with Crippen molar-refractivity contribution in [3.05, 3.63) is 170 Å². The van der Waals surface area contributed by atoms with Crippen molar-refractivity contribution in [3.63, 3.8) is 0 Å². The molecule has 216 valence electrons. The highest BCUT2D eigenvalue weighted by Gasteiger charge is 2.20. The first-order valence-electron chi connectivity index (χ1n) is 15.5. The molecule has 0 radical (unpaired) electrons. The van der Waals surface area contributed by atoms with Crippen LogP contribution in [0.15, 0.2) is 174 Å². The minimum absolute atomic E-state index is 0.792. The standard InChI is InChI=1S/C43H28N2O/c1-2-11-29(12-3-1)30-21-23-33(24-22-30)45(40-20-9-7-17-37(40)36-18-10-15-31-13-4-6-16-35(31)36)34-25-26-41-38(28-34)43-42(46-41)27-32-14-5-8-19-39(32)44-43/h1-28H. The highest BCUT2D eigenvalue weighted by atomic mass is 16.3. The van der Waals surface area contributed by atoms with Gasteiger partial charge in [-0.2, -0.15) is 0 Å². The molecule has 3 nitrogen and oxygen atoms in total. The molecule has 2 aromatic heterocycles. The number of nitrogens with zero attached hydrogens (tertiary/aromatic N) is 2. The molecule has 3 heteroatoms. The Morgan fingerprint density at radius 1 is 0.435 bits per heavy atom. The highest BCUT2D eigenvalue weighted by Crippen LogP contribution is 2.44. The monoisotopic (exact) mass is 588 g/mol. The van der Waals surface area contributed by atoms with E-state index in [0.717, 1.165) is 55.6 Å². The summed E-state index contributed by atoms with van der Waals surface area (Å²) in [5, 5.41) is 4.51. The number of anilines is 3. The van der Waals surface area contributed by atoms with Gasteiger partial charge in [0.15, 0.2) is 5.58 Å². The number of rotatable bonds is 5. The lowest BCUT2D eigenvalue weighted by Crippen LogP contribution is -2.11. The smallest absolute Gasteiger partial charge is 0.154 e. The first-order valence-corrected chi connectivity index (χ1v) is 15.5. The maximum atomic E-state index is 6.33. The van der Waals surface area contributed by atoms with Crippen molar-refractivity contribution in [2.75, 3.05) is 4.90 Å². The third-order valence-corrected chi connectivity index (χ3v) is 8.84. The number of pyridine rings is 1. The maximum absolute atomic E-state index is 6.33. The van der Waals surface area contributed by atoms with Crippen LogP contribution in [0.2, 0.25) is 0 Å². The Labute approximate surface area is 266 Å². The second-order valence-corrected chi connectivity index (χ2v) is 11.6. The van der Waals surface area contributed by atoms with Gasteiger partial charge in [-0.05, 0) is 76.0 Å². The Morgan fingerprint density at radius 2 is 1.11 bits per heavy atom.